The number of halogens is 1. The molecule has 0 N–H and O–H groups in total. The number of methoxy groups -OCH3 is 1. The summed E-state index contributed by atoms with van der Waals surface area (Å²) < 4.78 is 19.0. The van der Waals surface area contributed by atoms with Crippen molar-refractivity contribution in [3.63, 3.8) is 0 Å². The zero-order chi connectivity index (χ0) is 27.7. The standard InChI is InChI=1S/C28H23BrN4O6/c1-4-16(2)38-26-17(12-18(29)13-22(26)33(35)36)15-30-32-27(31-21-9-6-5-8-19(21)28(32)34)25-14-20-23(37-3)10-7-11-24(20)39-25/h5-16H,4H2,1-3H3/t16-/m0/s1. The first kappa shape index (κ1) is 26.1. The summed E-state index contributed by atoms with van der Waals surface area (Å²) in [6, 6.07) is 17.0. The molecule has 0 spiro atoms. The lowest BCUT2D eigenvalue weighted by Crippen LogP contribution is -2.20. The van der Waals surface area contributed by atoms with Crippen LogP contribution in [0, 0.1) is 10.1 Å². The van der Waals surface area contributed by atoms with E-state index in [0.717, 1.165) is 4.68 Å². The smallest absolute Gasteiger partial charge is 0.312 e. The Morgan fingerprint density at radius 2 is 1.97 bits per heavy atom. The molecule has 5 aromatic rings. The highest BCUT2D eigenvalue weighted by molar-refractivity contribution is 9.10. The van der Waals surface area contributed by atoms with Gasteiger partial charge in [-0.25, -0.2) is 4.98 Å². The van der Waals surface area contributed by atoms with Gasteiger partial charge in [-0.05, 0) is 49.7 Å². The van der Waals surface area contributed by atoms with Crippen LogP contribution in [0.15, 0.2) is 79.4 Å². The van der Waals surface area contributed by atoms with E-state index in [4.69, 9.17) is 13.9 Å². The van der Waals surface area contributed by atoms with Crippen LogP contribution in [0.3, 0.4) is 0 Å². The first-order valence-corrected chi connectivity index (χ1v) is 12.9. The minimum Gasteiger partial charge on any atom is -0.496 e. The highest BCUT2D eigenvalue weighted by atomic mass is 79.9. The largest absolute Gasteiger partial charge is 0.496 e. The lowest BCUT2D eigenvalue weighted by molar-refractivity contribution is -0.386. The normalized spacial score (nSPS) is 12.3. The number of hydrogen-bond donors (Lipinski definition) is 0. The fraction of sp³-hybridized carbons (Fsp3) is 0.179. The second-order valence-corrected chi connectivity index (χ2v) is 9.65. The molecule has 0 unspecified atom stereocenters. The van der Waals surface area contributed by atoms with Gasteiger partial charge in [-0.3, -0.25) is 14.9 Å². The number of aromatic nitrogens is 2. The summed E-state index contributed by atoms with van der Waals surface area (Å²) >= 11 is 3.33. The molecular weight excluding hydrogens is 568 g/mol. The molecule has 0 saturated carbocycles. The number of nitrogens with zero attached hydrogens (tertiary/aromatic N) is 4. The molecule has 0 radical (unpaired) electrons. The van der Waals surface area contributed by atoms with E-state index in [9.17, 15) is 14.9 Å². The monoisotopic (exact) mass is 590 g/mol. The third-order valence-corrected chi connectivity index (χ3v) is 6.64. The number of nitro benzene ring substituents is 1. The molecule has 0 amide bonds. The fourth-order valence-corrected chi connectivity index (χ4v) is 4.54. The molecule has 5 rings (SSSR count). The van der Waals surface area contributed by atoms with Crippen LogP contribution >= 0.6 is 15.9 Å². The maximum Gasteiger partial charge on any atom is 0.312 e. The molecule has 0 fully saturated rings. The Kier molecular flexibility index (Phi) is 7.16. The van der Waals surface area contributed by atoms with E-state index in [-0.39, 0.29) is 23.4 Å². The van der Waals surface area contributed by atoms with Crippen LogP contribution in [0.2, 0.25) is 0 Å². The van der Waals surface area contributed by atoms with Gasteiger partial charge in [0.15, 0.2) is 5.76 Å². The second kappa shape index (κ2) is 10.7. The van der Waals surface area contributed by atoms with Crippen molar-refractivity contribution in [2.45, 2.75) is 26.4 Å². The Labute approximate surface area is 230 Å². The summed E-state index contributed by atoms with van der Waals surface area (Å²) in [6.07, 6.45) is 1.69. The van der Waals surface area contributed by atoms with Gasteiger partial charge < -0.3 is 13.9 Å². The van der Waals surface area contributed by atoms with Gasteiger partial charge in [-0.2, -0.15) is 9.78 Å². The van der Waals surface area contributed by atoms with Crippen molar-refractivity contribution in [3.05, 3.63) is 91.2 Å². The van der Waals surface area contributed by atoms with Crippen molar-refractivity contribution in [2.75, 3.05) is 7.11 Å². The van der Waals surface area contributed by atoms with Gasteiger partial charge in [-0.1, -0.05) is 41.1 Å². The highest BCUT2D eigenvalue weighted by Crippen LogP contribution is 2.36. The molecule has 39 heavy (non-hydrogen) atoms. The van der Waals surface area contributed by atoms with Gasteiger partial charge in [0.2, 0.25) is 11.6 Å². The molecule has 2 aromatic heterocycles. The maximum atomic E-state index is 13.6. The van der Waals surface area contributed by atoms with Crippen LogP contribution in [0.25, 0.3) is 33.5 Å². The van der Waals surface area contributed by atoms with E-state index in [1.807, 2.05) is 13.8 Å². The Hall–Kier alpha value is -4.51. The Morgan fingerprint density at radius 3 is 2.72 bits per heavy atom. The van der Waals surface area contributed by atoms with Crippen molar-refractivity contribution in [2.24, 2.45) is 5.10 Å². The molecule has 1 atom stereocenters. The van der Waals surface area contributed by atoms with E-state index >= 15 is 0 Å². The minimum atomic E-state index is -0.517. The topological polar surface area (TPSA) is 122 Å². The molecule has 0 bridgehead atoms. The van der Waals surface area contributed by atoms with E-state index in [2.05, 4.69) is 26.0 Å². The summed E-state index contributed by atoms with van der Waals surface area (Å²) in [5.74, 6) is 1.11. The van der Waals surface area contributed by atoms with Crippen LogP contribution in [0.4, 0.5) is 5.69 Å². The Bertz CT molecular complexity index is 1810. The third-order valence-electron chi connectivity index (χ3n) is 6.18. The van der Waals surface area contributed by atoms with Gasteiger partial charge in [0, 0.05) is 16.1 Å². The average molecular weight is 591 g/mol. The number of nitro groups is 1. The molecular formula is C28H23BrN4O6. The molecule has 0 aliphatic rings. The summed E-state index contributed by atoms with van der Waals surface area (Å²) in [4.78, 5) is 29.6. The van der Waals surface area contributed by atoms with Crippen molar-refractivity contribution in [3.8, 4) is 23.1 Å². The van der Waals surface area contributed by atoms with Gasteiger partial charge in [-0.15, -0.1) is 0 Å². The predicted molar refractivity (Wildman–Crippen MR) is 152 cm³/mol. The number of ether oxygens (including phenoxy) is 2. The van der Waals surface area contributed by atoms with Crippen molar-refractivity contribution < 1.29 is 18.8 Å². The van der Waals surface area contributed by atoms with Crippen LogP contribution in [-0.2, 0) is 0 Å². The van der Waals surface area contributed by atoms with Crippen LogP contribution in [-0.4, -0.2) is 34.0 Å². The number of furan rings is 1. The van der Waals surface area contributed by atoms with E-state index < -0.39 is 10.5 Å². The quantitative estimate of drug-likeness (QED) is 0.114. The number of benzene rings is 3. The molecule has 0 aliphatic carbocycles. The Morgan fingerprint density at radius 1 is 1.18 bits per heavy atom. The number of fused-ring (bicyclic) bond motifs is 2. The zero-order valence-corrected chi connectivity index (χ0v) is 22.8. The average Bonchev–Trinajstić information content (AvgIpc) is 3.37. The molecule has 0 saturated heterocycles. The first-order valence-electron chi connectivity index (χ1n) is 12.1. The fourth-order valence-electron chi connectivity index (χ4n) is 4.08. The number of hydrogen-bond acceptors (Lipinski definition) is 8. The van der Waals surface area contributed by atoms with Crippen molar-refractivity contribution >= 4 is 49.7 Å². The van der Waals surface area contributed by atoms with E-state index in [1.54, 1.807) is 61.7 Å². The lowest BCUT2D eigenvalue weighted by Gasteiger charge is -2.15. The van der Waals surface area contributed by atoms with Crippen LogP contribution in [0.1, 0.15) is 25.8 Å². The van der Waals surface area contributed by atoms with E-state index in [0.29, 0.717) is 49.8 Å². The van der Waals surface area contributed by atoms with Crippen LogP contribution < -0.4 is 15.0 Å². The second-order valence-electron chi connectivity index (χ2n) is 8.73. The van der Waals surface area contributed by atoms with Gasteiger partial charge in [0.1, 0.15) is 11.3 Å². The third kappa shape index (κ3) is 5.00. The summed E-state index contributed by atoms with van der Waals surface area (Å²) in [5, 5.41) is 17.3. The lowest BCUT2D eigenvalue weighted by atomic mass is 10.2. The molecule has 198 valence electrons. The Balaban J connectivity index is 1.74. The summed E-state index contributed by atoms with van der Waals surface area (Å²) in [7, 11) is 1.56. The first-order chi connectivity index (χ1) is 18.8. The molecule has 10 nitrogen and oxygen atoms in total. The highest BCUT2D eigenvalue weighted by Gasteiger charge is 2.23. The predicted octanol–water partition coefficient (Wildman–Crippen LogP) is 6.55. The number of rotatable bonds is 8. The van der Waals surface area contributed by atoms with Crippen molar-refractivity contribution in [1.29, 1.82) is 0 Å². The SMILES string of the molecule is CC[C@H](C)Oc1c(C=Nn2c(-c3cc4c(OC)cccc4o3)nc3ccccc3c2=O)cc(Br)cc1[N+](=O)[O-]. The maximum absolute atomic E-state index is 13.6. The van der Waals surface area contributed by atoms with Crippen LogP contribution in [0.5, 0.6) is 11.5 Å². The summed E-state index contributed by atoms with van der Waals surface area (Å²) in [6.45, 7) is 3.73. The van der Waals surface area contributed by atoms with Gasteiger partial charge in [0.25, 0.3) is 5.56 Å². The minimum absolute atomic E-state index is 0.0538. The molecule has 11 heteroatoms. The van der Waals surface area contributed by atoms with Crippen molar-refractivity contribution in [1.82, 2.24) is 9.66 Å². The molecule has 2 heterocycles. The summed E-state index contributed by atoms with van der Waals surface area (Å²) in [5.41, 5.74) is 0.672. The van der Waals surface area contributed by atoms with E-state index in [1.165, 1.54) is 12.3 Å². The molecule has 3 aromatic carbocycles. The molecule has 0 aliphatic heterocycles. The van der Waals surface area contributed by atoms with Gasteiger partial charge in [0.05, 0.1) is 40.6 Å². The zero-order valence-electron chi connectivity index (χ0n) is 21.3. The van der Waals surface area contributed by atoms with Gasteiger partial charge >= 0.3 is 5.69 Å². The number of para-hydroxylation sites is 1.